The average molecular weight is 241 g/mol. The second kappa shape index (κ2) is 6.85. The SMILES string of the molecule is CC(CO)CCCNC(=O)Cn1cnc(N)n1. The van der Waals surface area contributed by atoms with Crippen LogP contribution in [-0.2, 0) is 11.3 Å². The van der Waals surface area contributed by atoms with Crippen molar-refractivity contribution in [1.29, 1.82) is 0 Å². The first-order chi connectivity index (χ1) is 8.11. The van der Waals surface area contributed by atoms with E-state index >= 15 is 0 Å². The lowest BCUT2D eigenvalue weighted by Crippen LogP contribution is -2.29. The van der Waals surface area contributed by atoms with E-state index in [1.165, 1.54) is 11.0 Å². The van der Waals surface area contributed by atoms with Gasteiger partial charge in [-0.1, -0.05) is 6.92 Å². The van der Waals surface area contributed by atoms with E-state index in [1.807, 2.05) is 6.92 Å². The van der Waals surface area contributed by atoms with Crippen molar-refractivity contribution < 1.29 is 9.90 Å². The average Bonchev–Trinajstić information content (AvgIpc) is 2.69. The van der Waals surface area contributed by atoms with E-state index in [0.717, 1.165) is 12.8 Å². The Morgan fingerprint density at radius 2 is 2.47 bits per heavy atom. The minimum absolute atomic E-state index is 0.119. The minimum atomic E-state index is -0.119. The fourth-order valence-electron chi connectivity index (χ4n) is 1.36. The molecule has 1 heterocycles. The molecule has 0 aromatic carbocycles. The maximum Gasteiger partial charge on any atom is 0.241 e. The lowest BCUT2D eigenvalue weighted by atomic mass is 10.1. The van der Waals surface area contributed by atoms with Crippen LogP contribution in [0.25, 0.3) is 0 Å². The van der Waals surface area contributed by atoms with Crippen molar-refractivity contribution in [2.75, 3.05) is 18.9 Å². The molecule has 0 radical (unpaired) electrons. The third-order valence-corrected chi connectivity index (χ3v) is 2.37. The number of nitrogens with two attached hydrogens (primary N) is 1. The van der Waals surface area contributed by atoms with Crippen LogP contribution in [0.15, 0.2) is 6.33 Å². The fourth-order valence-corrected chi connectivity index (χ4v) is 1.36. The van der Waals surface area contributed by atoms with Crippen LogP contribution >= 0.6 is 0 Å². The first-order valence-corrected chi connectivity index (χ1v) is 5.64. The molecule has 0 fully saturated rings. The van der Waals surface area contributed by atoms with E-state index in [-0.39, 0.29) is 30.9 Å². The van der Waals surface area contributed by atoms with Crippen molar-refractivity contribution in [1.82, 2.24) is 20.1 Å². The first kappa shape index (κ1) is 13.4. The van der Waals surface area contributed by atoms with Gasteiger partial charge >= 0.3 is 0 Å². The minimum Gasteiger partial charge on any atom is -0.396 e. The molecule has 0 bridgehead atoms. The molecule has 1 aromatic heterocycles. The second-order valence-electron chi connectivity index (χ2n) is 4.08. The maximum absolute atomic E-state index is 11.4. The highest BCUT2D eigenvalue weighted by Crippen LogP contribution is 2.02. The summed E-state index contributed by atoms with van der Waals surface area (Å²) in [7, 11) is 0. The summed E-state index contributed by atoms with van der Waals surface area (Å²) < 4.78 is 1.39. The van der Waals surface area contributed by atoms with Gasteiger partial charge in [-0.25, -0.2) is 9.67 Å². The van der Waals surface area contributed by atoms with E-state index in [9.17, 15) is 4.79 Å². The summed E-state index contributed by atoms with van der Waals surface area (Å²) in [5, 5.41) is 15.4. The smallest absolute Gasteiger partial charge is 0.241 e. The number of aliphatic hydroxyl groups excluding tert-OH is 1. The molecular formula is C10H19N5O2. The summed E-state index contributed by atoms with van der Waals surface area (Å²) in [6.45, 7) is 2.89. The Bertz CT molecular complexity index is 352. The molecule has 1 rings (SSSR count). The molecule has 0 aliphatic carbocycles. The van der Waals surface area contributed by atoms with Gasteiger partial charge in [0.2, 0.25) is 11.9 Å². The molecule has 0 saturated heterocycles. The predicted molar refractivity (Wildman–Crippen MR) is 62.9 cm³/mol. The van der Waals surface area contributed by atoms with Crippen LogP contribution in [0.2, 0.25) is 0 Å². The third-order valence-electron chi connectivity index (χ3n) is 2.37. The summed E-state index contributed by atoms with van der Waals surface area (Å²) in [5.74, 6) is 0.322. The number of amides is 1. The molecule has 7 heteroatoms. The van der Waals surface area contributed by atoms with Gasteiger partial charge in [0.25, 0.3) is 0 Å². The number of hydrogen-bond donors (Lipinski definition) is 3. The van der Waals surface area contributed by atoms with Crippen LogP contribution in [0.3, 0.4) is 0 Å². The van der Waals surface area contributed by atoms with Crippen LogP contribution in [0, 0.1) is 5.92 Å². The van der Waals surface area contributed by atoms with Gasteiger partial charge in [0.1, 0.15) is 12.9 Å². The van der Waals surface area contributed by atoms with E-state index < -0.39 is 0 Å². The molecule has 1 amide bonds. The second-order valence-corrected chi connectivity index (χ2v) is 4.08. The van der Waals surface area contributed by atoms with Crippen molar-refractivity contribution in [2.24, 2.45) is 5.92 Å². The molecule has 7 nitrogen and oxygen atoms in total. The molecule has 4 N–H and O–H groups in total. The van der Waals surface area contributed by atoms with Gasteiger partial charge in [-0.15, -0.1) is 5.10 Å². The molecule has 96 valence electrons. The largest absolute Gasteiger partial charge is 0.396 e. The topological polar surface area (TPSA) is 106 Å². The van der Waals surface area contributed by atoms with Gasteiger partial charge in [0.15, 0.2) is 0 Å². The number of carbonyl (C=O) groups is 1. The van der Waals surface area contributed by atoms with Crippen molar-refractivity contribution in [2.45, 2.75) is 26.3 Å². The number of nitrogen functional groups attached to an aromatic ring is 1. The number of hydrogen-bond acceptors (Lipinski definition) is 5. The van der Waals surface area contributed by atoms with Crippen molar-refractivity contribution in [3.8, 4) is 0 Å². The van der Waals surface area contributed by atoms with Crippen molar-refractivity contribution in [3.63, 3.8) is 0 Å². The Kier molecular flexibility index (Phi) is 5.41. The molecular weight excluding hydrogens is 222 g/mol. The molecule has 1 atom stereocenters. The van der Waals surface area contributed by atoms with E-state index in [2.05, 4.69) is 15.4 Å². The Hall–Kier alpha value is -1.63. The Morgan fingerprint density at radius 3 is 3.06 bits per heavy atom. The number of rotatable bonds is 7. The van der Waals surface area contributed by atoms with Crippen LogP contribution in [-0.4, -0.2) is 38.9 Å². The summed E-state index contributed by atoms with van der Waals surface area (Å²) in [4.78, 5) is 15.2. The van der Waals surface area contributed by atoms with Crippen LogP contribution < -0.4 is 11.1 Å². The van der Waals surface area contributed by atoms with Crippen molar-refractivity contribution in [3.05, 3.63) is 6.33 Å². The zero-order valence-corrected chi connectivity index (χ0v) is 9.96. The van der Waals surface area contributed by atoms with Gasteiger partial charge in [-0.2, -0.15) is 0 Å². The van der Waals surface area contributed by atoms with Gasteiger partial charge < -0.3 is 16.2 Å². The van der Waals surface area contributed by atoms with E-state index in [1.54, 1.807) is 0 Å². The van der Waals surface area contributed by atoms with Crippen LogP contribution in [0.1, 0.15) is 19.8 Å². The molecule has 1 aromatic rings. The van der Waals surface area contributed by atoms with E-state index in [4.69, 9.17) is 10.8 Å². The van der Waals surface area contributed by atoms with Gasteiger partial charge in [-0.05, 0) is 18.8 Å². The summed E-state index contributed by atoms with van der Waals surface area (Å²) >= 11 is 0. The Morgan fingerprint density at radius 1 is 1.71 bits per heavy atom. The zero-order chi connectivity index (χ0) is 12.7. The Labute approximate surface area is 100 Å². The standard InChI is InChI=1S/C10H19N5O2/c1-8(6-16)3-2-4-12-9(17)5-15-7-13-10(11)14-15/h7-8,16H,2-6H2,1H3,(H2,11,14)(H,12,17). The van der Waals surface area contributed by atoms with Crippen molar-refractivity contribution >= 4 is 11.9 Å². The van der Waals surface area contributed by atoms with Crippen LogP contribution in [0.5, 0.6) is 0 Å². The summed E-state index contributed by atoms with van der Waals surface area (Å²) in [5.41, 5.74) is 5.33. The Balaban J connectivity index is 2.13. The first-order valence-electron chi connectivity index (χ1n) is 5.64. The number of carbonyl (C=O) groups excluding carboxylic acids is 1. The highest BCUT2D eigenvalue weighted by molar-refractivity contribution is 5.75. The normalized spacial score (nSPS) is 12.4. The lowest BCUT2D eigenvalue weighted by Gasteiger charge is -2.08. The highest BCUT2D eigenvalue weighted by Gasteiger charge is 2.04. The van der Waals surface area contributed by atoms with Gasteiger partial charge in [0.05, 0.1) is 0 Å². The number of aromatic nitrogens is 3. The number of anilines is 1. The van der Waals surface area contributed by atoms with Crippen LogP contribution in [0.4, 0.5) is 5.95 Å². The summed E-state index contributed by atoms with van der Waals surface area (Å²) in [6, 6.07) is 0. The maximum atomic E-state index is 11.4. The molecule has 0 saturated carbocycles. The highest BCUT2D eigenvalue weighted by atomic mass is 16.3. The molecule has 17 heavy (non-hydrogen) atoms. The number of aliphatic hydroxyl groups is 1. The van der Waals surface area contributed by atoms with Gasteiger partial charge in [0, 0.05) is 13.2 Å². The molecule has 0 spiro atoms. The third kappa shape index (κ3) is 5.30. The number of nitrogens with one attached hydrogen (secondary N) is 1. The number of nitrogens with zero attached hydrogens (tertiary/aromatic N) is 3. The quantitative estimate of drug-likeness (QED) is 0.552. The van der Waals surface area contributed by atoms with Gasteiger partial charge in [-0.3, -0.25) is 4.79 Å². The molecule has 1 unspecified atom stereocenters. The lowest BCUT2D eigenvalue weighted by molar-refractivity contribution is -0.121. The van der Waals surface area contributed by atoms with E-state index in [0.29, 0.717) is 6.54 Å². The zero-order valence-electron chi connectivity index (χ0n) is 9.96. The fraction of sp³-hybridized carbons (Fsp3) is 0.700. The predicted octanol–water partition coefficient (Wildman–Crippen LogP) is -0.615. The monoisotopic (exact) mass is 241 g/mol. The summed E-state index contributed by atoms with van der Waals surface area (Å²) in [6.07, 6.45) is 3.17. The molecule has 0 aliphatic heterocycles. The molecule has 0 aliphatic rings.